The van der Waals surface area contributed by atoms with Crippen molar-refractivity contribution in [3.05, 3.63) is 47.3 Å². The first-order chi connectivity index (χ1) is 11.4. The Kier molecular flexibility index (Phi) is 4.64. The summed E-state index contributed by atoms with van der Waals surface area (Å²) >= 11 is 0. The first kappa shape index (κ1) is 15.2. The minimum absolute atomic E-state index is 0.764. The van der Waals surface area contributed by atoms with E-state index in [0.717, 1.165) is 18.3 Å². The lowest BCUT2D eigenvalue weighted by molar-refractivity contribution is 0.443. The lowest BCUT2D eigenvalue weighted by Gasteiger charge is -2.22. The Morgan fingerprint density at radius 3 is 2.30 bits per heavy atom. The Hall–Kier alpha value is -1.37. The van der Waals surface area contributed by atoms with E-state index in [1.54, 1.807) is 5.57 Å². The maximum Gasteiger partial charge on any atom is 0.0662 e. The van der Waals surface area contributed by atoms with Gasteiger partial charge in [0.1, 0.15) is 0 Å². The van der Waals surface area contributed by atoms with E-state index in [1.165, 1.54) is 81.0 Å². The van der Waals surface area contributed by atoms with Gasteiger partial charge < -0.3 is 0 Å². The first-order valence-corrected chi connectivity index (χ1v) is 9.77. The molecule has 0 radical (unpaired) electrons. The zero-order valence-electron chi connectivity index (χ0n) is 14.3. The van der Waals surface area contributed by atoms with E-state index in [1.807, 2.05) is 0 Å². The molecule has 2 fully saturated rings. The maximum absolute atomic E-state index is 4.84. The third-order valence-corrected chi connectivity index (χ3v) is 6.15. The molecule has 3 aliphatic rings. The molecule has 0 bridgehead atoms. The van der Waals surface area contributed by atoms with Crippen LogP contribution in [0.25, 0.3) is 5.57 Å². The molecule has 4 rings (SSSR count). The van der Waals surface area contributed by atoms with Crippen LogP contribution in [0.1, 0.15) is 87.8 Å². The average molecular weight is 307 g/mol. The summed E-state index contributed by atoms with van der Waals surface area (Å²) in [5.41, 5.74) is 5.75. The molecule has 0 aromatic carbocycles. The summed E-state index contributed by atoms with van der Waals surface area (Å²) in [6.45, 7) is 0. The van der Waals surface area contributed by atoms with E-state index >= 15 is 0 Å². The smallest absolute Gasteiger partial charge is 0.0662 e. The van der Waals surface area contributed by atoms with Crippen LogP contribution in [0.15, 0.2) is 36.1 Å². The van der Waals surface area contributed by atoms with Crippen LogP contribution in [-0.2, 0) is 0 Å². The summed E-state index contributed by atoms with van der Waals surface area (Å²) in [6, 6.07) is 4.64. The minimum Gasteiger partial charge on any atom is -0.256 e. The second kappa shape index (κ2) is 7.03. The molecule has 23 heavy (non-hydrogen) atoms. The quantitative estimate of drug-likeness (QED) is 0.627. The second-order valence-corrected chi connectivity index (χ2v) is 7.71. The Balaban J connectivity index is 1.49. The predicted octanol–water partition coefficient (Wildman–Crippen LogP) is 6.42. The van der Waals surface area contributed by atoms with Gasteiger partial charge in [-0.25, -0.2) is 0 Å². The monoisotopic (exact) mass is 307 g/mol. The fourth-order valence-electron chi connectivity index (χ4n) is 4.74. The number of rotatable bonds is 3. The zero-order chi connectivity index (χ0) is 15.5. The van der Waals surface area contributed by atoms with Gasteiger partial charge in [-0.2, -0.15) is 0 Å². The van der Waals surface area contributed by atoms with Gasteiger partial charge in [0.05, 0.1) is 5.69 Å². The van der Waals surface area contributed by atoms with Crippen molar-refractivity contribution >= 4 is 5.57 Å². The van der Waals surface area contributed by atoms with Crippen LogP contribution < -0.4 is 0 Å². The zero-order valence-corrected chi connectivity index (χ0v) is 14.3. The van der Waals surface area contributed by atoms with Crippen molar-refractivity contribution in [1.29, 1.82) is 0 Å². The maximum atomic E-state index is 4.84. The molecule has 0 atom stereocenters. The van der Waals surface area contributed by atoms with Crippen molar-refractivity contribution in [3.63, 3.8) is 0 Å². The van der Waals surface area contributed by atoms with Gasteiger partial charge in [-0.3, -0.25) is 4.98 Å². The van der Waals surface area contributed by atoms with Gasteiger partial charge >= 0.3 is 0 Å². The normalized spacial score (nSPS) is 23.7. The first-order valence-electron chi connectivity index (χ1n) is 9.77. The van der Waals surface area contributed by atoms with Crippen LogP contribution in [0, 0.1) is 5.92 Å². The van der Waals surface area contributed by atoms with E-state index in [0.29, 0.717) is 0 Å². The second-order valence-electron chi connectivity index (χ2n) is 7.71. The number of pyridine rings is 1. The number of hydrogen-bond donors (Lipinski definition) is 0. The third-order valence-electron chi connectivity index (χ3n) is 6.15. The van der Waals surface area contributed by atoms with E-state index in [-0.39, 0.29) is 0 Å². The van der Waals surface area contributed by atoms with Crippen LogP contribution in [0.4, 0.5) is 0 Å². The molecule has 0 N–H and O–H groups in total. The standard InChI is InChI=1S/C22H29N/c1-2-7-18(8-3-1)21-13-14-22(23-16-21)20-12-6-11-19(15-20)17-9-4-5-10-17/h11,13-18H,1-10,12H2. The Morgan fingerprint density at radius 1 is 0.826 bits per heavy atom. The molecular weight excluding hydrogens is 278 g/mol. The Labute approximate surface area is 140 Å². The molecule has 1 aromatic rings. The molecule has 1 heterocycles. The predicted molar refractivity (Wildman–Crippen MR) is 97.3 cm³/mol. The number of allylic oxidation sites excluding steroid dienone is 4. The average Bonchev–Trinajstić information content (AvgIpc) is 3.18. The van der Waals surface area contributed by atoms with Crippen molar-refractivity contribution in [2.45, 2.75) is 76.5 Å². The van der Waals surface area contributed by atoms with Crippen LogP contribution >= 0.6 is 0 Å². The summed E-state index contributed by atoms with van der Waals surface area (Å²) < 4.78 is 0. The molecule has 1 heteroatoms. The summed E-state index contributed by atoms with van der Waals surface area (Å²) in [5.74, 6) is 1.59. The number of aromatic nitrogens is 1. The fraction of sp³-hybridized carbons (Fsp3) is 0.591. The minimum atomic E-state index is 0.764. The molecule has 0 amide bonds. The van der Waals surface area contributed by atoms with Crippen LogP contribution in [-0.4, -0.2) is 4.98 Å². The van der Waals surface area contributed by atoms with Gasteiger partial charge in [-0.1, -0.05) is 50.3 Å². The highest BCUT2D eigenvalue weighted by Gasteiger charge is 2.21. The summed E-state index contributed by atoms with van der Waals surface area (Å²) in [5, 5.41) is 0. The van der Waals surface area contributed by atoms with Gasteiger partial charge in [0.15, 0.2) is 0 Å². The topological polar surface area (TPSA) is 12.9 Å². The van der Waals surface area contributed by atoms with Crippen LogP contribution in [0.5, 0.6) is 0 Å². The van der Waals surface area contributed by atoms with Crippen LogP contribution in [0.3, 0.4) is 0 Å². The van der Waals surface area contributed by atoms with Crippen molar-refractivity contribution in [2.75, 3.05) is 0 Å². The number of nitrogens with zero attached hydrogens (tertiary/aromatic N) is 1. The molecule has 3 aliphatic carbocycles. The molecule has 0 unspecified atom stereocenters. The van der Waals surface area contributed by atoms with Crippen molar-refractivity contribution in [3.8, 4) is 0 Å². The van der Waals surface area contributed by atoms with E-state index in [4.69, 9.17) is 4.98 Å². The molecule has 122 valence electrons. The summed E-state index contributed by atoms with van der Waals surface area (Å²) in [6.07, 6.45) is 22.0. The summed E-state index contributed by atoms with van der Waals surface area (Å²) in [4.78, 5) is 4.84. The van der Waals surface area contributed by atoms with Gasteiger partial charge in [-0.05, 0) is 73.1 Å². The van der Waals surface area contributed by atoms with E-state index in [2.05, 4.69) is 30.5 Å². The fourth-order valence-corrected chi connectivity index (χ4v) is 4.74. The lowest BCUT2D eigenvalue weighted by atomic mass is 9.84. The van der Waals surface area contributed by atoms with E-state index < -0.39 is 0 Å². The largest absolute Gasteiger partial charge is 0.256 e. The van der Waals surface area contributed by atoms with Crippen molar-refractivity contribution in [1.82, 2.24) is 4.98 Å². The Morgan fingerprint density at radius 2 is 1.57 bits per heavy atom. The van der Waals surface area contributed by atoms with Crippen molar-refractivity contribution in [2.24, 2.45) is 5.92 Å². The third kappa shape index (κ3) is 3.44. The molecular formula is C22H29N. The Bertz CT molecular complexity index is 581. The van der Waals surface area contributed by atoms with Crippen molar-refractivity contribution < 1.29 is 0 Å². The highest BCUT2D eigenvalue weighted by atomic mass is 14.7. The number of hydrogen-bond acceptors (Lipinski definition) is 1. The molecule has 0 spiro atoms. The molecule has 0 saturated heterocycles. The highest BCUT2D eigenvalue weighted by Crippen LogP contribution is 2.37. The van der Waals surface area contributed by atoms with Gasteiger partial charge in [0, 0.05) is 6.20 Å². The van der Waals surface area contributed by atoms with Gasteiger partial charge in [-0.15, -0.1) is 0 Å². The van der Waals surface area contributed by atoms with Gasteiger partial charge in [0.25, 0.3) is 0 Å². The lowest BCUT2D eigenvalue weighted by Crippen LogP contribution is -2.06. The SMILES string of the molecule is C1=C(c2ccc(C3CCCCC3)cn2)CCC=C1C1CCCC1. The molecule has 1 aromatic heterocycles. The molecule has 0 aliphatic heterocycles. The summed E-state index contributed by atoms with van der Waals surface area (Å²) in [7, 11) is 0. The molecule has 1 nitrogen and oxygen atoms in total. The van der Waals surface area contributed by atoms with Crippen LogP contribution in [0.2, 0.25) is 0 Å². The highest BCUT2D eigenvalue weighted by molar-refractivity contribution is 5.67. The van der Waals surface area contributed by atoms with Gasteiger partial charge in [0.2, 0.25) is 0 Å². The van der Waals surface area contributed by atoms with E-state index in [9.17, 15) is 0 Å². The molecule has 2 saturated carbocycles.